The molecule has 6 nitrogen and oxygen atoms in total. The fourth-order valence-corrected chi connectivity index (χ4v) is 3.08. The maximum absolute atomic E-state index is 12.7. The summed E-state index contributed by atoms with van der Waals surface area (Å²) in [7, 11) is 1.27. The van der Waals surface area contributed by atoms with Crippen LogP contribution in [0, 0.1) is 5.92 Å². The van der Waals surface area contributed by atoms with Crippen LogP contribution in [-0.4, -0.2) is 48.5 Å². The van der Waals surface area contributed by atoms with Gasteiger partial charge in [0.2, 0.25) is 5.91 Å². The maximum atomic E-state index is 12.7. The normalized spacial score (nSPS) is 15.7. The van der Waals surface area contributed by atoms with Gasteiger partial charge in [0.1, 0.15) is 6.04 Å². The molecule has 1 saturated carbocycles. The maximum Gasteiger partial charge on any atom is 0.329 e. The first-order chi connectivity index (χ1) is 11.9. The van der Waals surface area contributed by atoms with Gasteiger partial charge in [-0.25, -0.2) is 4.79 Å². The Labute approximate surface area is 150 Å². The van der Waals surface area contributed by atoms with Crippen LogP contribution in [0.2, 0.25) is 0 Å². The number of hydrogen-bond donors (Lipinski definition) is 0. The molecule has 25 heavy (non-hydrogen) atoms. The third-order valence-corrected chi connectivity index (χ3v) is 4.32. The lowest BCUT2D eigenvalue weighted by Gasteiger charge is -2.34. The Kier molecular flexibility index (Phi) is 9.24. The largest absolute Gasteiger partial charge is 0.467 e. The molecule has 1 unspecified atom stereocenters. The van der Waals surface area contributed by atoms with Crippen LogP contribution in [-0.2, 0) is 23.9 Å². The van der Waals surface area contributed by atoms with Gasteiger partial charge < -0.3 is 14.4 Å². The summed E-state index contributed by atoms with van der Waals surface area (Å²) in [6.45, 7) is 7.81. The summed E-state index contributed by atoms with van der Waals surface area (Å²) in [5, 5.41) is 0. The minimum atomic E-state index is -0.926. The van der Waals surface area contributed by atoms with E-state index in [-0.39, 0.29) is 30.7 Å². The van der Waals surface area contributed by atoms with Crippen molar-refractivity contribution in [3.63, 3.8) is 0 Å². The second-order valence-electron chi connectivity index (χ2n) is 6.89. The van der Waals surface area contributed by atoms with Crippen molar-refractivity contribution in [2.45, 2.75) is 70.9 Å². The number of amides is 1. The lowest BCUT2D eigenvalue weighted by molar-refractivity contribution is -0.160. The van der Waals surface area contributed by atoms with E-state index in [4.69, 9.17) is 9.47 Å². The number of rotatable bonds is 10. The van der Waals surface area contributed by atoms with E-state index in [9.17, 15) is 14.4 Å². The zero-order valence-corrected chi connectivity index (χ0v) is 15.7. The van der Waals surface area contributed by atoms with E-state index >= 15 is 0 Å². The highest BCUT2D eigenvalue weighted by Crippen LogP contribution is 2.27. The Morgan fingerprint density at radius 3 is 2.40 bits per heavy atom. The molecule has 0 aromatic carbocycles. The van der Waals surface area contributed by atoms with E-state index in [1.54, 1.807) is 11.0 Å². The van der Waals surface area contributed by atoms with E-state index in [1.807, 2.05) is 13.8 Å². The zero-order chi connectivity index (χ0) is 18.8. The molecule has 6 heteroatoms. The Morgan fingerprint density at radius 1 is 1.24 bits per heavy atom. The monoisotopic (exact) mass is 353 g/mol. The summed E-state index contributed by atoms with van der Waals surface area (Å²) >= 11 is 0. The van der Waals surface area contributed by atoms with Crippen molar-refractivity contribution in [3.8, 4) is 0 Å². The molecule has 1 amide bonds. The van der Waals surface area contributed by atoms with Gasteiger partial charge in [-0.05, 0) is 25.2 Å². The summed E-state index contributed by atoms with van der Waals surface area (Å²) < 4.78 is 10.1. The summed E-state index contributed by atoms with van der Waals surface area (Å²) in [5.74, 6) is -0.983. The zero-order valence-electron chi connectivity index (χ0n) is 15.7. The summed E-state index contributed by atoms with van der Waals surface area (Å²) in [6, 6.07) is -0.954. The third-order valence-electron chi connectivity index (χ3n) is 4.32. The van der Waals surface area contributed by atoms with Crippen molar-refractivity contribution < 1.29 is 23.9 Å². The Bertz CT molecular complexity index is 468. The Hall–Kier alpha value is -1.85. The SMILES string of the molecule is C=CCCC(=O)N(C1CCCC1)C(CC(=O)OCC(C)C)C(=O)OC. The number of nitrogens with zero attached hydrogens (tertiary/aromatic N) is 1. The minimum absolute atomic E-state index is 0.0284. The molecule has 1 fully saturated rings. The molecule has 1 rings (SSSR count). The van der Waals surface area contributed by atoms with Gasteiger partial charge in [-0.15, -0.1) is 6.58 Å². The molecule has 0 bridgehead atoms. The molecule has 142 valence electrons. The lowest BCUT2D eigenvalue weighted by atomic mass is 10.1. The molecule has 0 saturated heterocycles. The van der Waals surface area contributed by atoms with Crippen molar-refractivity contribution in [1.29, 1.82) is 0 Å². The fourth-order valence-electron chi connectivity index (χ4n) is 3.08. The third kappa shape index (κ3) is 6.88. The number of allylic oxidation sites excluding steroid dienone is 1. The highest BCUT2D eigenvalue weighted by Gasteiger charge is 2.38. The second-order valence-corrected chi connectivity index (χ2v) is 6.89. The van der Waals surface area contributed by atoms with Crippen LogP contribution in [0.1, 0.15) is 58.8 Å². The minimum Gasteiger partial charge on any atom is -0.467 e. The van der Waals surface area contributed by atoms with Gasteiger partial charge >= 0.3 is 11.9 Å². The topological polar surface area (TPSA) is 72.9 Å². The molecule has 0 aromatic heterocycles. The highest BCUT2D eigenvalue weighted by molar-refractivity contribution is 5.88. The van der Waals surface area contributed by atoms with Crippen molar-refractivity contribution in [1.82, 2.24) is 4.90 Å². The van der Waals surface area contributed by atoms with Crippen LogP contribution >= 0.6 is 0 Å². The molecular weight excluding hydrogens is 322 g/mol. The first-order valence-electron chi connectivity index (χ1n) is 9.06. The number of carbonyl (C=O) groups is 3. The van der Waals surface area contributed by atoms with Gasteiger partial charge in [-0.3, -0.25) is 9.59 Å². The van der Waals surface area contributed by atoms with Crippen LogP contribution < -0.4 is 0 Å². The number of esters is 2. The molecule has 0 spiro atoms. The molecule has 0 radical (unpaired) electrons. The van der Waals surface area contributed by atoms with E-state index in [2.05, 4.69) is 6.58 Å². The van der Waals surface area contributed by atoms with Crippen LogP contribution in [0.5, 0.6) is 0 Å². The van der Waals surface area contributed by atoms with Crippen LogP contribution in [0.3, 0.4) is 0 Å². The molecule has 0 heterocycles. The smallest absolute Gasteiger partial charge is 0.329 e. The molecular formula is C19H31NO5. The van der Waals surface area contributed by atoms with Crippen molar-refractivity contribution >= 4 is 17.8 Å². The molecule has 1 aliphatic carbocycles. The number of methoxy groups -OCH3 is 1. The molecule has 1 atom stereocenters. The molecule has 0 N–H and O–H groups in total. The summed E-state index contributed by atoms with van der Waals surface area (Å²) in [6.07, 6.45) is 6.03. The molecule has 1 aliphatic rings. The van der Waals surface area contributed by atoms with Gasteiger partial charge in [-0.1, -0.05) is 32.8 Å². The Balaban J connectivity index is 2.94. The van der Waals surface area contributed by atoms with Gasteiger partial charge in [0, 0.05) is 12.5 Å². The number of hydrogen-bond acceptors (Lipinski definition) is 5. The van der Waals surface area contributed by atoms with Crippen LogP contribution in [0.4, 0.5) is 0 Å². The van der Waals surface area contributed by atoms with Crippen LogP contribution in [0.15, 0.2) is 12.7 Å². The Morgan fingerprint density at radius 2 is 1.88 bits per heavy atom. The first-order valence-corrected chi connectivity index (χ1v) is 9.06. The predicted molar refractivity (Wildman–Crippen MR) is 94.8 cm³/mol. The predicted octanol–water partition coefficient (Wildman–Crippen LogP) is 2.85. The van der Waals surface area contributed by atoms with E-state index < -0.39 is 18.0 Å². The van der Waals surface area contributed by atoms with Crippen LogP contribution in [0.25, 0.3) is 0 Å². The van der Waals surface area contributed by atoms with E-state index in [1.165, 1.54) is 7.11 Å². The second kappa shape index (κ2) is 10.9. The average molecular weight is 353 g/mol. The van der Waals surface area contributed by atoms with Crippen molar-refractivity contribution in [2.75, 3.05) is 13.7 Å². The van der Waals surface area contributed by atoms with E-state index in [0.29, 0.717) is 13.0 Å². The molecule has 0 aromatic rings. The van der Waals surface area contributed by atoms with E-state index in [0.717, 1.165) is 25.7 Å². The quantitative estimate of drug-likeness (QED) is 0.446. The summed E-state index contributed by atoms with van der Waals surface area (Å²) in [4.78, 5) is 38.8. The van der Waals surface area contributed by atoms with Gasteiger partial charge in [0.05, 0.1) is 20.1 Å². The van der Waals surface area contributed by atoms with Gasteiger partial charge in [0.25, 0.3) is 0 Å². The fraction of sp³-hybridized carbons (Fsp3) is 0.737. The highest BCUT2D eigenvalue weighted by atomic mass is 16.5. The van der Waals surface area contributed by atoms with Crippen molar-refractivity contribution in [2.24, 2.45) is 5.92 Å². The number of ether oxygens (including phenoxy) is 2. The first kappa shape index (κ1) is 21.2. The van der Waals surface area contributed by atoms with Crippen molar-refractivity contribution in [3.05, 3.63) is 12.7 Å². The lowest BCUT2D eigenvalue weighted by Crippen LogP contribution is -2.51. The average Bonchev–Trinajstić information content (AvgIpc) is 3.10. The number of carbonyl (C=O) groups excluding carboxylic acids is 3. The van der Waals surface area contributed by atoms with Gasteiger partial charge in [-0.2, -0.15) is 0 Å². The summed E-state index contributed by atoms with van der Waals surface area (Å²) in [5.41, 5.74) is 0. The van der Waals surface area contributed by atoms with Gasteiger partial charge in [0.15, 0.2) is 0 Å². The molecule has 0 aliphatic heterocycles. The standard InChI is InChI=1S/C19H31NO5/c1-5-6-11-17(21)20(15-9-7-8-10-15)16(19(23)24-4)12-18(22)25-13-14(2)3/h5,14-16H,1,6-13H2,2-4H3.